The highest BCUT2D eigenvalue weighted by Gasteiger charge is 2.20. The molecular formula is C9H21NO3. The van der Waals surface area contributed by atoms with Crippen LogP contribution in [0.5, 0.6) is 0 Å². The van der Waals surface area contributed by atoms with Crippen molar-refractivity contribution in [2.24, 2.45) is 5.73 Å². The van der Waals surface area contributed by atoms with Gasteiger partial charge in [-0.1, -0.05) is 0 Å². The Kier molecular flexibility index (Phi) is 7.17. The Bertz CT molecular complexity index is 117. The summed E-state index contributed by atoms with van der Waals surface area (Å²) in [5.41, 5.74) is 5.51. The molecular weight excluding hydrogens is 170 g/mol. The molecule has 2 N–H and O–H groups in total. The third-order valence-electron chi connectivity index (χ3n) is 2.29. The maximum Gasteiger partial charge on any atom is 0.0855 e. The predicted molar refractivity (Wildman–Crippen MR) is 51.7 cm³/mol. The lowest BCUT2D eigenvalue weighted by Crippen LogP contribution is -2.34. The highest BCUT2D eigenvalue weighted by Crippen LogP contribution is 2.10. The van der Waals surface area contributed by atoms with E-state index >= 15 is 0 Å². The van der Waals surface area contributed by atoms with Crippen molar-refractivity contribution in [2.45, 2.75) is 31.7 Å². The third kappa shape index (κ3) is 4.57. The van der Waals surface area contributed by atoms with Crippen LogP contribution in [0.3, 0.4) is 0 Å². The van der Waals surface area contributed by atoms with Crippen molar-refractivity contribution >= 4 is 0 Å². The average molecular weight is 191 g/mol. The second kappa shape index (κ2) is 7.26. The first kappa shape index (κ1) is 12.8. The first-order valence-electron chi connectivity index (χ1n) is 4.48. The fraction of sp³-hybridized carbons (Fsp3) is 1.00. The molecule has 0 bridgehead atoms. The number of methoxy groups -OCH3 is 3. The van der Waals surface area contributed by atoms with Crippen molar-refractivity contribution in [3.63, 3.8) is 0 Å². The molecule has 13 heavy (non-hydrogen) atoms. The number of hydrogen-bond acceptors (Lipinski definition) is 4. The molecule has 0 rings (SSSR count). The van der Waals surface area contributed by atoms with Crippen LogP contribution in [0.4, 0.5) is 0 Å². The van der Waals surface area contributed by atoms with Gasteiger partial charge in [0.2, 0.25) is 0 Å². The van der Waals surface area contributed by atoms with E-state index < -0.39 is 0 Å². The lowest BCUT2D eigenvalue weighted by molar-refractivity contribution is -0.0530. The fourth-order valence-corrected chi connectivity index (χ4v) is 1.18. The Hall–Kier alpha value is -0.160. The van der Waals surface area contributed by atoms with Gasteiger partial charge in [-0.25, -0.2) is 0 Å². The molecule has 0 aliphatic heterocycles. The van der Waals surface area contributed by atoms with Gasteiger partial charge in [0.25, 0.3) is 0 Å². The van der Waals surface area contributed by atoms with Crippen molar-refractivity contribution in [3.8, 4) is 0 Å². The maximum absolute atomic E-state index is 5.51. The Balaban J connectivity index is 3.94. The number of hydrogen-bond donors (Lipinski definition) is 1. The minimum Gasteiger partial charge on any atom is -0.380 e. The molecule has 0 aromatic carbocycles. The summed E-state index contributed by atoms with van der Waals surface area (Å²) in [6, 6.07) is 0. The van der Waals surface area contributed by atoms with Gasteiger partial charge in [0.1, 0.15) is 0 Å². The van der Waals surface area contributed by atoms with E-state index in [1.165, 1.54) is 0 Å². The van der Waals surface area contributed by atoms with Crippen LogP contribution in [0, 0.1) is 0 Å². The van der Waals surface area contributed by atoms with Crippen LogP contribution in [-0.2, 0) is 14.2 Å². The average Bonchev–Trinajstić information content (AvgIpc) is 2.19. The smallest absolute Gasteiger partial charge is 0.0855 e. The van der Waals surface area contributed by atoms with Crippen LogP contribution in [-0.4, -0.2) is 46.2 Å². The topological polar surface area (TPSA) is 53.7 Å². The molecule has 3 atom stereocenters. The summed E-state index contributed by atoms with van der Waals surface area (Å²) < 4.78 is 15.6. The molecule has 4 nitrogen and oxygen atoms in total. The van der Waals surface area contributed by atoms with Gasteiger partial charge in [0.15, 0.2) is 0 Å². The zero-order valence-corrected chi connectivity index (χ0v) is 8.95. The molecule has 0 radical (unpaired) electrons. The van der Waals surface area contributed by atoms with E-state index in [0.717, 1.165) is 6.42 Å². The predicted octanol–water partition coefficient (Wildman–Crippen LogP) is 0.400. The molecule has 0 heterocycles. The molecule has 0 amide bonds. The van der Waals surface area contributed by atoms with Crippen LogP contribution in [0.2, 0.25) is 0 Å². The lowest BCUT2D eigenvalue weighted by atomic mass is 10.1. The van der Waals surface area contributed by atoms with Crippen molar-refractivity contribution in [2.75, 3.05) is 27.9 Å². The number of nitrogens with two attached hydrogens (primary N) is 1. The van der Waals surface area contributed by atoms with E-state index in [9.17, 15) is 0 Å². The largest absolute Gasteiger partial charge is 0.380 e. The molecule has 0 aliphatic carbocycles. The van der Waals surface area contributed by atoms with Crippen LogP contribution >= 0.6 is 0 Å². The molecule has 0 aromatic heterocycles. The van der Waals surface area contributed by atoms with Crippen molar-refractivity contribution in [1.82, 2.24) is 0 Å². The normalized spacial score (nSPS) is 18.2. The Morgan fingerprint density at radius 2 is 1.69 bits per heavy atom. The van der Waals surface area contributed by atoms with Gasteiger partial charge >= 0.3 is 0 Å². The molecule has 0 fully saturated rings. The van der Waals surface area contributed by atoms with E-state index in [1.807, 2.05) is 6.92 Å². The van der Waals surface area contributed by atoms with E-state index in [-0.39, 0.29) is 18.3 Å². The zero-order valence-electron chi connectivity index (χ0n) is 8.95. The molecule has 0 unspecified atom stereocenters. The summed E-state index contributed by atoms with van der Waals surface area (Å²) >= 11 is 0. The van der Waals surface area contributed by atoms with Crippen LogP contribution < -0.4 is 5.73 Å². The summed E-state index contributed by atoms with van der Waals surface area (Å²) in [6.45, 7) is 2.48. The maximum atomic E-state index is 5.51. The molecule has 4 heteroatoms. The molecule has 0 spiro atoms. The quantitative estimate of drug-likeness (QED) is 0.633. The molecule has 0 aromatic rings. The second-order valence-electron chi connectivity index (χ2n) is 3.04. The summed E-state index contributed by atoms with van der Waals surface area (Å²) in [6.07, 6.45) is 0.911. The van der Waals surface area contributed by atoms with Crippen LogP contribution in [0.15, 0.2) is 0 Å². The van der Waals surface area contributed by atoms with E-state index in [4.69, 9.17) is 19.9 Å². The minimum atomic E-state index is 0.0403. The summed E-state index contributed by atoms with van der Waals surface area (Å²) in [5, 5.41) is 0. The molecule has 0 saturated carbocycles. The Morgan fingerprint density at radius 3 is 2.00 bits per heavy atom. The first-order chi connectivity index (χ1) is 6.19. The third-order valence-corrected chi connectivity index (χ3v) is 2.29. The van der Waals surface area contributed by atoms with Crippen molar-refractivity contribution in [1.29, 1.82) is 0 Å². The number of rotatable bonds is 7. The minimum absolute atomic E-state index is 0.0403. The summed E-state index contributed by atoms with van der Waals surface area (Å²) in [7, 11) is 4.99. The van der Waals surface area contributed by atoms with Gasteiger partial charge < -0.3 is 19.9 Å². The Labute approximate surface area is 80.3 Å². The van der Waals surface area contributed by atoms with Crippen LogP contribution in [0.1, 0.15) is 13.3 Å². The molecule has 80 valence electrons. The fourth-order valence-electron chi connectivity index (χ4n) is 1.18. The number of ether oxygens (including phenoxy) is 3. The van der Waals surface area contributed by atoms with Gasteiger partial charge in [-0.15, -0.1) is 0 Å². The van der Waals surface area contributed by atoms with Gasteiger partial charge in [-0.05, 0) is 6.92 Å². The van der Waals surface area contributed by atoms with Crippen LogP contribution in [0.25, 0.3) is 0 Å². The van der Waals surface area contributed by atoms with E-state index in [2.05, 4.69) is 0 Å². The molecule has 0 aliphatic rings. The lowest BCUT2D eigenvalue weighted by Gasteiger charge is -2.24. The van der Waals surface area contributed by atoms with Gasteiger partial charge in [0, 0.05) is 34.3 Å². The van der Waals surface area contributed by atoms with E-state index in [0.29, 0.717) is 6.54 Å². The standard InChI is InChI=1S/C9H21NO3/c1-7(11-2)9(13-4)5-8(6-10)12-3/h7-9H,5-6,10H2,1-4H3/t7-,8+,9-/m1/s1. The SMILES string of the molecule is CO[C@H](CN)C[C@@H](OC)[C@@H](C)OC. The van der Waals surface area contributed by atoms with E-state index in [1.54, 1.807) is 21.3 Å². The van der Waals surface area contributed by atoms with Crippen molar-refractivity contribution in [3.05, 3.63) is 0 Å². The first-order valence-corrected chi connectivity index (χ1v) is 4.48. The Morgan fingerprint density at radius 1 is 1.08 bits per heavy atom. The highest BCUT2D eigenvalue weighted by molar-refractivity contribution is 4.71. The van der Waals surface area contributed by atoms with Gasteiger partial charge in [-0.3, -0.25) is 0 Å². The zero-order chi connectivity index (χ0) is 10.3. The summed E-state index contributed by atoms with van der Waals surface area (Å²) in [4.78, 5) is 0. The monoisotopic (exact) mass is 191 g/mol. The van der Waals surface area contributed by atoms with Gasteiger partial charge in [0.05, 0.1) is 18.3 Å². The van der Waals surface area contributed by atoms with Gasteiger partial charge in [-0.2, -0.15) is 0 Å². The second-order valence-corrected chi connectivity index (χ2v) is 3.04. The van der Waals surface area contributed by atoms with Crippen molar-refractivity contribution < 1.29 is 14.2 Å². The summed E-state index contributed by atoms with van der Waals surface area (Å²) in [5.74, 6) is 0. The molecule has 0 saturated heterocycles. The highest BCUT2D eigenvalue weighted by atomic mass is 16.5.